The molecule has 5 N–H and O–H groups in total. The van der Waals surface area contributed by atoms with Crippen molar-refractivity contribution in [2.24, 2.45) is 0 Å². The Morgan fingerprint density at radius 3 is 2.67 bits per heavy atom. The monoisotopic (exact) mass is 620 g/mol. The third-order valence-electron chi connectivity index (χ3n) is 7.87. The number of hydrogen-bond donors (Lipinski definition) is 4. The van der Waals surface area contributed by atoms with Gasteiger partial charge in [-0.15, -0.1) is 0 Å². The second-order valence-corrected chi connectivity index (χ2v) is 11.1. The second kappa shape index (κ2) is 13.9. The van der Waals surface area contributed by atoms with E-state index in [1.807, 2.05) is 13.1 Å². The summed E-state index contributed by atoms with van der Waals surface area (Å²) >= 11 is 0. The fourth-order valence-electron chi connectivity index (χ4n) is 5.39. The third-order valence-corrected chi connectivity index (χ3v) is 7.87. The molecule has 1 unspecified atom stereocenters. The first-order chi connectivity index (χ1) is 21.6. The van der Waals surface area contributed by atoms with Crippen molar-refractivity contribution >= 4 is 40.4 Å². The van der Waals surface area contributed by atoms with Crippen LogP contribution in [0, 0.1) is 0 Å². The number of likely N-dealkylation sites (tertiary alicyclic amines) is 1. The molecule has 1 atom stereocenters. The fraction of sp³-hybridized carbons (Fsp3) is 0.344. The Balaban J connectivity index is 1.16. The number of aromatic amines is 1. The van der Waals surface area contributed by atoms with Crippen LogP contribution in [0.3, 0.4) is 0 Å². The van der Waals surface area contributed by atoms with Crippen molar-refractivity contribution in [3.63, 3.8) is 0 Å². The quantitative estimate of drug-likeness (QED) is 0.159. The molecule has 4 heterocycles. The van der Waals surface area contributed by atoms with Crippen molar-refractivity contribution in [2.75, 3.05) is 31.2 Å². The molecule has 4 aromatic rings. The number of unbranched alkanes of at least 4 members (excludes halogenated alkanes) is 3. The molecule has 45 heavy (non-hydrogen) atoms. The highest BCUT2D eigenvalue weighted by Crippen LogP contribution is 2.33. The normalized spacial score (nSPS) is 15.6. The highest BCUT2D eigenvalue weighted by molar-refractivity contribution is 6.05. The molecular weight excluding hydrogens is 585 g/mol. The van der Waals surface area contributed by atoms with E-state index in [-0.39, 0.29) is 23.3 Å². The number of hydrogen-bond acceptors (Lipinski definition) is 7. The van der Waals surface area contributed by atoms with E-state index in [1.165, 1.54) is 0 Å². The number of pyridine rings is 2. The summed E-state index contributed by atoms with van der Waals surface area (Å²) in [7, 11) is 1.99. The van der Waals surface area contributed by atoms with Gasteiger partial charge in [0.2, 0.25) is 5.91 Å². The van der Waals surface area contributed by atoms with Crippen LogP contribution < -0.4 is 16.4 Å². The van der Waals surface area contributed by atoms with Gasteiger partial charge in [-0.2, -0.15) is 18.3 Å². The van der Waals surface area contributed by atoms with E-state index in [0.29, 0.717) is 34.5 Å². The number of benzene rings is 1. The summed E-state index contributed by atoms with van der Waals surface area (Å²) in [5.74, 6) is -0.373. The summed E-state index contributed by atoms with van der Waals surface area (Å²) in [6, 6.07) is 8.11. The number of fused-ring (bicyclic) bond motifs is 1. The minimum atomic E-state index is -4.55. The van der Waals surface area contributed by atoms with Crippen LogP contribution in [0.15, 0.2) is 54.9 Å². The first kappa shape index (κ1) is 31.6. The molecule has 10 nitrogen and oxygen atoms in total. The fourth-order valence-corrected chi connectivity index (χ4v) is 5.39. The smallest absolute Gasteiger partial charge is 0.383 e. The summed E-state index contributed by atoms with van der Waals surface area (Å²) in [5, 5.41) is 13.6. The molecule has 1 aliphatic rings. The lowest BCUT2D eigenvalue weighted by atomic mass is 10.0. The maximum atomic E-state index is 13.0. The van der Waals surface area contributed by atoms with Gasteiger partial charge in [-0.25, -0.2) is 9.97 Å². The van der Waals surface area contributed by atoms with Crippen LogP contribution in [0.2, 0.25) is 0 Å². The van der Waals surface area contributed by atoms with Crippen molar-refractivity contribution in [1.82, 2.24) is 30.4 Å². The molecule has 0 bridgehead atoms. The van der Waals surface area contributed by atoms with E-state index in [4.69, 9.17) is 5.73 Å². The number of nitrogens with zero attached hydrogens (tertiary/aromatic N) is 4. The Morgan fingerprint density at radius 2 is 1.93 bits per heavy atom. The van der Waals surface area contributed by atoms with Gasteiger partial charge in [0.1, 0.15) is 17.2 Å². The van der Waals surface area contributed by atoms with E-state index in [9.17, 15) is 22.8 Å². The van der Waals surface area contributed by atoms with Crippen LogP contribution in [0.1, 0.15) is 60.0 Å². The van der Waals surface area contributed by atoms with Gasteiger partial charge in [-0.3, -0.25) is 19.6 Å². The number of anilines is 2. The molecule has 0 spiro atoms. The summed E-state index contributed by atoms with van der Waals surface area (Å²) in [5.41, 5.74) is 8.35. The maximum absolute atomic E-state index is 13.0. The molecule has 0 saturated carbocycles. The molecule has 1 aromatic carbocycles. The number of rotatable bonds is 11. The molecule has 13 heteroatoms. The zero-order valence-electron chi connectivity index (χ0n) is 24.8. The largest absolute Gasteiger partial charge is 0.416 e. The van der Waals surface area contributed by atoms with Crippen molar-refractivity contribution < 1.29 is 22.8 Å². The number of halogens is 3. The van der Waals surface area contributed by atoms with Crippen molar-refractivity contribution in [3.05, 3.63) is 71.6 Å². The Kier molecular flexibility index (Phi) is 9.77. The highest BCUT2D eigenvalue weighted by Gasteiger charge is 2.31. The van der Waals surface area contributed by atoms with Gasteiger partial charge in [0.05, 0.1) is 22.7 Å². The molecule has 236 valence electrons. The molecule has 3 aromatic heterocycles. The number of carbonyl (C=O) groups is 2. The zero-order chi connectivity index (χ0) is 32.0. The van der Waals surface area contributed by atoms with Gasteiger partial charge in [0.25, 0.3) is 5.91 Å². The van der Waals surface area contributed by atoms with Gasteiger partial charge < -0.3 is 16.4 Å². The van der Waals surface area contributed by atoms with Crippen LogP contribution in [0.25, 0.3) is 28.2 Å². The number of amides is 2. The van der Waals surface area contributed by atoms with E-state index < -0.39 is 17.6 Å². The van der Waals surface area contributed by atoms with Crippen LogP contribution in [-0.2, 0) is 11.0 Å². The number of aromatic nitrogens is 4. The molecular formula is C32H35F3N8O2. The van der Waals surface area contributed by atoms with Gasteiger partial charge >= 0.3 is 6.18 Å². The van der Waals surface area contributed by atoms with E-state index in [2.05, 4.69) is 41.8 Å². The lowest BCUT2D eigenvalue weighted by Crippen LogP contribution is -2.41. The molecule has 2 amide bonds. The molecule has 1 fully saturated rings. The number of nitrogens with two attached hydrogens (primary N) is 1. The standard InChI is InChI=1S/C32H35F3N8O2/c1-43-17-7-9-24(43)31(45)38-15-6-4-2-3-5-8-22-19-39-29(36)26-27(41-42-28(22)26)20-10-12-21(13-11-20)30(44)40-25-18-23(14-16-37-25)32(33,34)35/h5,8,10-14,16,18-19,24H,2-4,6-7,9,15,17H2,1H3,(H2,36,39)(H,38,45)(H,41,42)(H,37,40,44)/b8-5+. The van der Waals surface area contributed by atoms with Crippen LogP contribution in [0.5, 0.6) is 0 Å². The molecule has 0 aliphatic carbocycles. The number of alkyl halides is 3. The lowest BCUT2D eigenvalue weighted by molar-refractivity contribution is -0.137. The zero-order valence-corrected chi connectivity index (χ0v) is 24.8. The number of likely N-dealkylation sites (N-methyl/N-ethyl adjacent to an activating group) is 1. The Morgan fingerprint density at radius 1 is 1.13 bits per heavy atom. The van der Waals surface area contributed by atoms with Gasteiger partial charge in [0.15, 0.2) is 0 Å². The Labute approximate surface area is 258 Å². The number of allylic oxidation sites excluding steroid dienone is 1. The number of carbonyl (C=O) groups excluding carboxylic acids is 2. The SMILES string of the molecule is CN1CCCC1C(=O)NCCCCC/C=C/c1cnc(N)c2c(-c3ccc(C(=O)Nc4cc(C(F)(F)F)ccn4)cc3)[nH]nc12. The lowest BCUT2D eigenvalue weighted by Gasteiger charge is -2.18. The van der Waals surface area contributed by atoms with Crippen molar-refractivity contribution in [1.29, 1.82) is 0 Å². The van der Waals surface area contributed by atoms with Gasteiger partial charge in [-0.05, 0) is 70.0 Å². The topological polar surface area (TPSA) is 142 Å². The second-order valence-electron chi connectivity index (χ2n) is 11.1. The summed E-state index contributed by atoms with van der Waals surface area (Å²) in [4.78, 5) is 35.2. The van der Waals surface area contributed by atoms with Crippen LogP contribution in [0.4, 0.5) is 24.8 Å². The number of H-pyrrole nitrogens is 1. The first-order valence-corrected chi connectivity index (χ1v) is 14.8. The van der Waals surface area contributed by atoms with Crippen LogP contribution in [-0.4, -0.2) is 63.1 Å². The van der Waals surface area contributed by atoms with E-state index in [1.54, 1.807) is 30.5 Å². The third kappa shape index (κ3) is 7.66. The minimum absolute atomic E-state index is 0.00526. The molecule has 1 aliphatic heterocycles. The number of nitrogens with one attached hydrogen (secondary N) is 3. The predicted molar refractivity (Wildman–Crippen MR) is 167 cm³/mol. The number of nitrogen functional groups attached to an aromatic ring is 1. The van der Waals surface area contributed by atoms with Crippen LogP contribution >= 0.6 is 0 Å². The maximum Gasteiger partial charge on any atom is 0.416 e. The Bertz CT molecular complexity index is 1680. The Hall–Kier alpha value is -4.78. The summed E-state index contributed by atoms with van der Waals surface area (Å²) in [6.45, 7) is 1.66. The summed E-state index contributed by atoms with van der Waals surface area (Å²) < 4.78 is 39.0. The molecule has 0 radical (unpaired) electrons. The average molecular weight is 621 g/mol. The first-order valence-electron chi connectivity index (χ1n) is 14.8. The predicted octanol–water partition coefficient (Wildman–Crippen LogP) is 5.66. The van der Waals surface area contributed by atoms with Crippen molar-refractivity contribution in [2.45, 2.75) is 50.7 Å². The van der Waals surface area contributed by atoms with Gasteiger partial charge in [-0.1, -0.05) is 30.7 Å². The molecule has 1 saturated heterocycles. The van der Waals surface area contributed by atoms with Crippen molar-refractivity contribution in [3.8, 4) is 11.3 Å². The molecule has 5 rings (SSSR count). The van der Waals surface area contributed by atoms with E-state index >= 15 is 0 Å². The minimum Gasteiger partial charge on any atom is -0.383 e. The van der Waals surface area contributed by atoms with E-state index in [0.717, 1.165) is 69.0 Å². The van der Waals surface area contributed by atoms with Gasteiger partial charge in [0, 0.05) is 35.6 Å². The highest BCUT2D eigenvalue weighted by atomic mass is 19.4. The average Bonchev–Trinajstić information content (AvgIpc) is 3.66. The summed E-state index contributed by atoms with van der Waals surface area (Å²) in [6.07, 6.45) is 7.92.